The summed E-state index contributed by atoms with van der Waals surface area (Å²) in [5.41, 5.74) is 1.83. The quantitative estimate of drug-likeness (QED) is 0.501. The maximum absolute atomic E-state index is 13.6. The van der Waals surface area contributed by atoms with Crippen molar-refractivity contribution in [3.63, 3.8) is 0 Å². The van der Waals surface area contributed by atoms with Crippen LogP contribution in [0.1, 0.15) is 31.4 Å². The Balaban J connectivity index is 2.49. The van der Waals surface area contributed by atoms with E-state index in [2.05, 4.69) is 5.32 Å². The van der Waals surface area contributed by atoms with Gasteiger partial charge in [-0.25, -0.2) is 8.42 Å². The van der Waals surface area contributed by atoms with Crippen LogP contribution in [-0.4, -0.2) is 57.6 Å². The van der Waals surface area contributed by atoms with E-state index in [1.54, 1.807) is 56.3 Å². The molecule has 0 aliphatic rings. The molecule has 8 nitrogen and oxygen atoms in total. The van der Waals surface area contributed by atoms with E-state index in [9.17, 15) is 18.0 Å². The molecular weight excluding hydrogens is 478 g/mol. The fourth-order valence-electron chi connectivity index (χ4n) is 3.59. The van der Waals surface area contributed by atoms with E-state index in [-0.39, 0.29) is 18.1 Å². The monoisotopic (exact) mass is 509 g/mol. The van der Waals surface area contributed by atoms with E-state index in [0.717, 1.165) is 21.7 Å². The number of halogens is 1. The number of sulfonamides is 1. The number of hydrogen-bond acceptors (Lipinski definition) is 5. The Kier molecular flexibility index (Phi) is 9.76. The molecule has 2 aromatic carbocycles. The van der Waals surface area contributed by atoms with Crippen LogP contribution in [0, 0.1) is 6.92 Å². The molecule has 0 saturated carbocycles. The predicted molar refractivity (Wildman–Crippen MR) is 135 cm³/mol. The van der Waals surface area contributed by atoms with Gasteiger partial charge in [-0.15, -0.1) is 0 Å². The van der Waals surface area contributed by atoms with E-state index >= 15 is 0 Å². The first-order chi connectivity index (χ1) is 16.0. The lowest BCUT2D eigenvalue weighted by atomic mass is 10.1. The van der Waals surface area contributed by atoms with Crippen molar-refractivity contribution in [2.45, 2.75) is 39.8 Å². The molecule has 0 bridgehead atoms. The van der Waals surface area contributed by atoms with Gasteiger partial charge in [0.25, 0.3) is 0 Å². The molecule has 2 aromatic rings. The highest BCUT2D eigenvalue weighted by Crippen LogP contribution is 2.31. The van der Waals surface area contributed by atoms with E-state index in [1.165, 1.54) is 12.0 Å². The Labute approximate surface area is 206 Å². The summed E-state index contributed by atoms with van der Waals surface area (Å²) >= 11 is 5.99. The molecule has 2 rings (SSSR count). The number of benzene rings is 2. The van der Waals surface area contributed by atoms with Gasteiger partial charge < -0.3 is 15.0 Å². The Morgan fingerprint density at radius 2 is 1.76 bits per heavy atom. The second-order valence-corrected chi connectivity index (χ2v) is 10.3. The van der Waals surface area contributed by atoms with Crippen LogP contribution in [0.3, 0.4) is 0 Å². The molecular formula is C24H32ClN3O5S. The highest BCUT2D eigenvalue weighted by atomic mass is 35.5. The molecule has 186 valence electrons. The van der Waals surface area contributed by atoms with E-state index in [0.29, 0.717) is 23.7 Å². The van der Waals surface area contributed by atoms with Crippen LogP contribution in [0.5, 0.6) is 5.75 Å². The number of anilines is 1. The highest BCUT2D eigenvalue weighted by molar-refractivity contribution is 7.92. The highest BCUT2D eigenvalue weighted by Gasteiger charge is 2.32. The summed E-state index contributed by atoms with van der Waals surface area (Å²) < 4.78 is 31.9. The lowest BCUT2D eigenvalue weighted by Gasteiger charge is -2.33. The number of carbonyl (C=O) groups is 2. The molecule has 0 spiro atoms. The van der Waals surface area contributed by atoms with Crippen LogP contribution in [-0.2, 0) is 26.2 Å². The summed E-state index contributed by atoms with van der Waals surface area (Å²) in [5.74, 6) is -0.489. The Bertz CT molecular complexity index is 1110. The fourth-order valence-corrected chi connectivity index (χ4v) is 4.56. The lowest BCUT2D eigenvalue weighted by Crippen LogP contribution is -2.52. The number of carbonyl (C=O) groups excluding carboxylic acids is 2. The zero-order chi connectivity index (χ0) is 25.5. The maximum Gasteiger partial charge on any atom is 0.244 e. The molecule has 0 saturated heterocycles. The van der Waals surface area contributed by atoms with Gasteiger partial charge in [-0.05, 0) is 55.7 Å². The maximum atomic E-state index is 13.6. The van der Waals surface area contributed by atoms with Gasteiger partial charge in [0.1, 0.15) is 18.3 Å². The van der Waals surface area contributed by atoms with Crippen LogP contribution < -0.4 is 14.4 Å². The molecule has 1 N–H and O–H groups in total. The van der Waals surface area contributed by atoms with E-state index in [1.807, 2.05) is 6.92 Å². The van der Waals surface area contributed by atoms with Crippen molar-refractivity contribution in [3.05, 3.63) is 58.6 Å². The first kappa shape index (κ1) is 27.5. The Morgan fingerprint density at radius 1 is 1.12 bits per heavy atom. The third kappa shape index (κ3) is 7.11. The van der Waals surface area contributed by atoms with Crippen LogP contribution in [0.4, 0.5) is 5.69 Å². The van der Waals surface area contributed by atoms with E-state index in [4.69, 9.17) is 16.3 Å². The standard InChI is InChI=1S/C24H32ClN3O5S/c1-6-20(24(30)26-7-2)27(15-18-9-11-19(25)12-10-18)23(29)16-28(34(5,31)32)21-14-17(3)8-13-22(21)33-4/h8-14,20H,6-7,15-16H2,1-5H3,(H,26,30). The molecule has 0 radical (unpaired) electrons. The Morgan fingerprint density at radius 3 is 2.29 bits per heavy atom. The first-order valence-corrected chi connectivity index (χ1v) is 13.2. The van der Waals surface area contributed by atoms with Gasteiger partial charge in [-0.1, -0.05) is 36.7 Å². The van der Waals surface area contributed by atoms with Crippen molar-refractivity contribution in [3.8, 4) is 5.75 Å². The topological polar surface area (TPSA) is 96.0 Å². The first-order valence-electron chi connectivity index (χ1n) is 11.0. The molecule has 0 aliphatic heterocycles. The number of amides is 2. The summed E-state index contributed by atoms with van der Waals surface area (Å²) in [6, 6.07) is 11.3. The fraction of sp³-hybridized carbons (Fsp3) is 0.417. The van der Waals surface area contributed by atoms with Crippen molar-refractivity contribution in [1.29, 1.82) is 0 Å². The third-order valence-corrected chi connectivity index (χ3v) is 6.66. The smallest absolute Gasteiger partial charge is 0.244 e. The van der Waals surface area contributed by atoms with Crippen molar-refractivity contribution in [1.82, 2.24) is 10.2 Å². The Hall–Kier alpha value is -2.78. The minimum atomic E-state index is -3.85. The lowest BCUT2D eigenvalue weighted by molar-refractivity contribution is -0.140. The average Bonchev–Trinajstić information content (AvgIpc) is 2.78. The minimum Gasteiger partial charge on any atom is -0.495 e. The normalized spacial score (nSPS) is 12.1. The number of nitrogens with one attached hydrogen (secondary N) is 1. The second kappa shape index (κ2) is 12.1. The number of nitrogens with zero attached hydrogens (tertiary/aromatic N) is 2. The number of likely N-dealkylation sites (N-methyl/N-ethyl adjacent to an activating group) is 1. The molecule has 34 heavy (non-hydrogen) atoms. The zero-order valence-electron chi connectivity index (χ0n) is 20.2. The van der Waals surface area contributed by atoms with Gasteiger partial charge in [0, 0.05) is 18.1 Å². The third-order valence-electron chi connectivity index (χ3n) is 5.29. The number of aryl methyl sites for hydroxylation is 1. The number of rotatable bonds is 11. The van der Waals surface area contributed by atoms with Crippen molar-refractivity contribution in [2.75, 3.05) is 30.8 Å². The molecule has 0 heterocycles. The summed E-state index contributed by atoms with van der Waals surface area (Å²) in [6.45, 7) is 5.47. The summed E-state index contributed by atoms with van der Waals surface area (Å²) in [4.78, 5) is 27.8. The molecule has 1 unspecified atom stereocenters. The number of hydrogen-bond donors (Lipinski definition) is 1. The van der Waals surface area contributed by atoms with Gasteiger partial charge in [0.2, 0.25) is 21.8 Å². The molecule has 2 amide bonds. The summed E-state index contributed by atoms with van der Waals surface area (Å²) in [6.07, 6.45) is 1.39. The average molecular weight is 510 g/mol. The van der Waals surface area contributed by atoms with Crippen LogP contribution in [0.25, 0.3) is 0 Å². The molecule has 10 heteroatoms. The SMILES string of the molecule is CCNC(=O)C(CC)N(Cc1ccc(Cl)cc1)C(=O)CN(c1cc(C)ccc1OC)S(C)(=O)=O. The predicted octanol–water partition coefficient (Wildman–Crippen LogP) is 3.37. The van der Waals surface area contributed by atoms with Gasteiger partial charge >= 0.3 is 0 Å². The van der Waals surface area contributed by atoms with Crippen molar-refractivity contribution >= 4 is 39.1 Å². The van der Waals surface area contributed by atoms with Gasteiger partial charge in [-0.2, -0.15) is 0 Å². The van der Waals surface area contributed by atoms with Crippen LogP contribution >= 0.6 is 11.6 Å². The molecule has 0 aliphatic carbocycles. The largest absolute Gasteiger partial charge is 0.495 e. The van der Waals surface area contributed by atoms with Crippen LogP contribution in [0.2, 0.25) is 5.02 Å². The minimum absolute atomic E-state index is 0.119. The number of methoxy groups -OCH3 is 1. The summed E-state index contributed by atoms with van der Waals surface area (Å²) in [7, 11) is -2.41. The van der Waals surface area contributed by atoms with Crippen molar-refractivity contribution in [2.24, 2.45) is 0 Å². The molecule has 0 fully saturated rings. The van der Waals surface area contributed by atoms with Crippen molar-refractivity contribution < 1.29 is 22.7 Å². The second-order valence-electron chi connectivity index (χ2n) is 7.91. The van der Waals surface area contributed by atoms with Crippen LogP contribution in [0.15, 0.2) is 42.5 Å². The van der Waals surface area contributed by atoms with E-state index < -0.39 is 28.5 Å². The van der Waals surface area contributed by atoms with Gasteiger partial charge in [0.15, 0.2) is 0 Å². The molecule has 1 atom stereocenters. The van der Waals surface area contributed by atoms with Gasteiger partial charge in [-0.3, -0.25) is 13.9 Å². The molecule has 0 aromatic heterocycles. The van der Waals surface area contributed by atoms with Gasteiger partial charge in [0.05, 0.1) is 19.1 Å². The summed E-state index contributed by atoms with van der Waals surface area (Å²) in [5, 5.41) is 3.31. The zero-order valence-corrected chi connectivity index (χ0v) is 21.7. The number of ether oxygens (including phenoxy) is 1.